The predicted molar refractivity (Wildman–Crippen MR) is 82.5 cm³/mol. The number of fused-ring (bicyclic) bond motifs is 1. The molecule has 4 heterocycles. The van der Waals surface area contributed by atoms with Crippen molar-refractivity contribution in [2.75, 3.05) is 12.4 Å². The van der Waals surface area contributed by atoms with Crippen LogP contribution in [0.25, 0.3) is 0 Å². The van der Waals surface area contributed by atoms with E-state index in [1.165, 1.54) is 0 Å². The molecular formula is C13H26O7S2. The van der Waals surface area contributed by atoms with Crippen LogP contribution < -0.4 is 0 Å². The Hall–Kier alpha value is -0.220. The molecule has 4 aliphatic heterocycles. The van der Waals surface area contributed by atoms with E-state index in [1.54, 1.807) is 0 Å². The SMILES string of the molecule is CC.CC.O=S1(=O)CCCO1.O=S1(=O)OC2CC3CC1C2O3. The van der Waals surface area contributed by atoms with Gasteiger partial charge in [-0.05, 0) is 12.8 Å². The second-order valence-electron chi connectivity index (χ2n) is 4.80. The Morgan fingerprint density at radius 3 is 1.91 bits per heavy atom. The lowest BCUT2D eigenvalue weighted by Crippen LogP contribution is -2.27. The molecule has 0 saturated carbocycles. The molecule has 7 nitrogen and oxygen atoms in total. The lowest BCUT2D eigenvalue weighted by molar-refractivity contribution is 0.0838. The third-order valence-electron chi connectivity index (χ3n) is 3.50. The molecule has 4 unspecified atom stereocenters. The smallest absolute Gasteiger partial charge is 0.273 e. The maximum absolute atomic E-state index is 11.2. The number of rotatable bonds is 0. The third-order valence-corrected chi connectivity index (χ3v) is 6.54. The summed E-state index contributed by atoms with van der Waals surface area (Å²) in [4.78, 5) is 0. The summed E-state index contributed by atoms with van der Waals surface area (Å²) in [6.45, 7) is 8.38. The molecule has 0 N–H and O–H groups in total. The molecule has 22 heavy (non-hydrogen) atoms. The largest absolute Gasteiger partial charge is 0.371 e. The van der Waals surface area contributed by atoms with E-state index in [4.69, 9.17) is 8.92 Å². The van der Waals surface area contributed by atoms with Gasteiger partial charge >= 0.3 is 0 Å². The summed E-state index contributed by atoms with van der Waals surface area (Å²) in [6.07, 6.45) is 1.90. The molecule has 132 valence electrons. The zero-order valence-corrected chi connectivity index (χ0v) is 15.2. The van der Waals surface area contributed by atoms with E-state index < -0.39 is 20.2 Å². The molecule has 0 aliphatic carbocycles. The highest BCUT2D eigenvalue weighted by Crippen LogP contribution is 2.46. The standard InChI is InChI=1S/C6H8O4S.C3H6O3S.2C2H6/c7-11(8)5-2-3-1-4(10-11)6(5)9-3;4-7(5)3-1-2-6-7;2*1-2/h3-6H,1-2H2;1-3H2;2*1-2H3. The van der Waals surface area contributed by atoms with Gasteiger partial charge in [0.15, 0.2) is 0 Å². The molecule has 0 amide bonds. The van der Waals surface area contributed by atoms with Crippen molar-refractivity contribution in [1.29, 1.82) is 0 Å². The second kappa shape index (κ2) is 8.05. The fraction of sp³-hybridized carbons (Fsp3) is 1.00. The van der Waals surface area contributed by atoms with Gasteiger partial charge in [-0.3, -0.25) is 8.37 Å². The molecule has 4 aliphatic rings. The number of hydrogen-bond acceptors (Lipinski definition) is 7. The van der Waals surface area contributed by atoms with Crippen LogP contribution in [0.4, 0.5) is 0 Å². The Balaban J connectivity index is 0.000000192. The first kappa shape index (κ1) is 19.8. The van der Waals surface area contributed by atoms with Gasteiger partial charge < -0.3 is 4.74 Å². The number of ether oxygens (including phenoxy) is 1. The van der Waals surface area contributed by atoms with Gasteiger partial charge in [0, 0.05) is 6.42 Å². The molecule has 4 atom stereocenters. The first-order chi connectivity index (χ1) is 10.4. The van der Waals surface area contributed by atoms with Crippen LogP contribution in [0.1, 0.15) is 47.0 Å². The van der Waals surface area contributed by atoms with Crippen LogP contribution in [-0.2, 0) is 33.3 Å². The quantitative estimate of drug-likeness (QED) is 0.604. The molecule has 0 aromatic carbocycles. The van der Waals surface area contributed by atoms with E-state index in [-0.39, 0.29) is 29.3 Å². The van der Waals surface area contributed by atoms with E-state index >= 15 is 0 Å². The van der Waals surface area contributed by atoms with Crippen LogP contribution in [0.3, 0.4) is 0 Å². The van der Waals surface area contributed by atoms with E-state index in [2.05, 4.69) is 4.18 Å². The van der Waals surface area contributed by atoms with Crippen molar-refractivity contribution in [3.05, 3.63) is 0 Å². The normalized spacial score (nSPS) is 38.0. The van der Waals surface area contributed by atoms with Gasteiger partial charge in [-0.1, -0.05) is 27.7 Å². The monoisotopic (exact) mass is 358 g/mol. The predicted octanol–water partition coefficient (Wildman–Crippen LogP) is 1.43. The summed E-state index contributed by atoms with van der Waals surface area (Å²) in [5.74, 6) is 0.201. The van der Waals surface area contributed by atoms with Crippen LogP contribution in [0.15, 0.2) is 0 Å². The Morgan fingerprint density at radius 2 is 1.59 bits per heavy atom. The zero-order chi connectivity index (χ0) is 17.0. The highest BCUT2D eigenvalue weighted by molar-refractivity contribution is 7.87. The summed E-state index contributed by atoms with van der Waals surface area (Å²) in [7, 11) is -6.30. The molecule has 9 heteroatoms. The Morgan fingerprint density at radius 1 is 0.955 bits per heavy atom. The Kier molecular flexibility index (Phi) is 7.25. The minimum Gasteiger partial charge on any atom is -0.371 e. The molecule has 0 radical (unpaired) electrons. The van der Waals surface area contributed by atoms with Gasteiger partial charge in [0.2, 0.25) is 0 Å². The van der Waals surface area contributed by atoms with Gasteiger partial charge in [-0.15, -0.1) is 0 Å². The van der Waals surface area contributed by atoms with Crippen LogP contribution in [0, 0.1) is 0 Å². The summed E-state index contributed by atoms with van der Waals surface area (Å²) < 4.78 is 57.3. The van der Waals surface area contributed by atoms with Crippen molar-refractivity contribution in [3.8, 4) is 0 Å². The van der Waals surface area contributed by atoms with Crippen molar-refractivity contribution >= 4 is 20.2 Å². The molecule has 2 bridgehead atoms. The fourth-order valence-corrected chi connectivity index (χ4v) is 5.39. The zero-order valence-electron chi connectivity index (χ0n) is 13.5. The molecule has 4 fully saturated rings. The Bertz CT molecular complexity index is 527. The van der Waals surface area contributed by atoms with Crippen molar-refractivity contribution in [2.45, 2.75) is 70.5 Å². The summed E-state index contributed by atoms with van der Waals surface area (Å²) in [6, 6.07) is 0. The van der Waals surface area contributed by atoms with E-state index in [9.17, 15) is 16.8 Å². The molecule has 0 aromatic heterocycles. The lowest BCUT2D eigenvalue weighted by Gasteiger charge is -2.06. The molecule has 0 aromatic rings. The van der Waals surface area contributed by atoms with Gasteiger partial charge in [-0.25, -0.2) is 0 Å². The topological polar surface area (TPSA) is 96.0 Å². The van der Waals surface area contributed by atoms with Gasteiger partial charge in [-0.2, -0.15) is 16.8 Å². The van der Waals surface area contributed by atoms with Crippen molar-refractivity contribution in [3.63, 3.8) is 0 Å². The number of hydrogen-bond donors (Lipinski definition) is 0. The van der Waals surface area contributed by atoms with Gasteiger partial charge in [0.1, 0.15) is 17.5 Å². The van der Waals surface area contributed by atoms with Crippen LogP contribution in [0.5, 0.6) is 0 Å². The van der Waals surface area contributed by atoms with Crippen LogP contribution >= 0.6 is 0 Å². The minimum absolute atomic E-state index is 0.146. The summed E-state index contributed by atoms with van der Waals surface area (Å²) in [5.41, 5.74) is 0. The first-order valence-electron chi connectivity index (χ1n) is 7.82. The highest BCUT2D eigenvalue weighted by Gasteiger charge is 2.60. The average Bonchev–Trinajstić information content (AvgIpc) is 3.20. The van der Waals surface area contributed by atoms with E-state index in [0.717, 1.165) is 6.42 Å². The minimum atomic E-state index is -3.26. The maximum atomic E-state index is 11.2. The van der Waals surface area contributed by atoms with Gasteiger partial charge in [0.05, 0.1) is 18.5 Å². The highest BCUT2D eigenvalue weighted by atomic mass is 32.2. The summed E-state index contributed by atoms with van der Waals surface area (Å²) >= 11 is 0. The molecular weight excluding hydrogens is 332 g/mol. The van der Waals surface area contributed by atoms with Crippen molar-refractivity contribution in [2.24, 2.45) is 0 Å². The first-order valence-corrected chi connectivity index (χ1v) is 10.9. The van der Waals surface area contributed by atoms with E-state index in [1.807, 2.05) is 27.7 Å². The van der Waals surface area contributed by atoms with Crippen molar-refractivity contribution in [1.82, 2.24) is 0 Å². The second-order valence-corrected chi connectivity index (χ2v) is 8.34. The molecule has 0 spiro atoms. The maximum Gasteiger partial charge on any atom is 0.273 e. The average molecular weight is 358 g/mol. The van der Waals surface area contributed by atoms with Crippen LogP contribution in [0.2, 0.25) is 0 Å². The van der Waals surface area contributed by atoms with Crippen molar-refractivity contribution < 1.29 is 29.9 Å². The fourth-order valence-electron chi connectivity index (χ4n) is 2.73. The molecule has 4 saturated heterocycles. The van der Waals surface area contributed by atoms with Gasteiger partial charge in [0.25, 0.3) is 20.2 Å². The summed E-state index contributed by atoms with van der Waals surface area (Å²) in [5, 5.41) is -0.355. The van der Waals surface area contributed by atoms with E-state index in [0.29, 0.717) is 19.4 Å². The Labute approximate surface area is 133 Å². The third kappa shape index (κ3) is 4.41. The lowest BCUT2D eigenvalue weighted by atomic mass is 9.98. The van der Waals surface area contributed by atoms with Crippen LogP contribution in [-0.4, -0.2) is 52.8 Å². The molecule has 4 rings (SSSR count).